The highest BCUT2D eigenvalue weighted by atomic mass is 35.5. The molecule has 2 heterocycles. The lowest BCUT2D eigenvalue weighted by Crippen LogP contribution is -2.46. The van der Waals surface area contributed by atoms with Crippen LogP contribution >= 0.6 is 22.9 Å². The molecule has 1 aliphatic rings. The monoisotopic (exact) mass is 259 g/mol. The molecule has 1 fully saturated rings. The standard InChI is InChI=1S/C11H18ClN3S/c1-2-8-3-4-15(9(5-8)6-13)11-14-10(12)7-16-11/h7-9H,2-6,13H2,1H3. The van der Waals surface area contributed by atoms with Crippen LogP contribution < -0.4 is 10.6 Å². The molecule has 1 aromatic heterocycles. The molecule has 1 aliphatic heterocycles. The van der Waals surface area contributed by atoms with Gasteiger partial charge in [-0.2, -0.15) is 0 Å². The lowest BCUT2D eigenvalue weighted by atomic mass is 9.89. The van der Waals surface area contributed by atoms with Crippen LogP contribution in [0.3, 0.4) is 0 Å². The summed E-state index contributed by atoms with van der Waals surface area (Å²) in [4.78, 5) is 6.66. The molecule has 5 heteroatoms. The van der Waals surface area contributed by atoms with Crippen molar-refractivity contribution in [2.75, 3.05) is 18.0 Å². The second-order valence-electron chi connectivity index (χ2n) is 4.33. The highest BCUT2D eigenvalue weighted by molar-refractivity contribution is 7.14. The van der Waals surface area contributed by atoms with Crippen LogP contribution in [0.1, 0.15) is 26.2 Å². The summed E-state index contributed by atoms with van der Waals surface area (Å²) in [6.07, 6.45) is 3.68. The van der Waals surface area contributed by atoms with Crippen molar-refractivity contribution >= 4 is 28.1 Å². The van der Waals surface area contributed by atoms with E-state index in [-0.39, 0.29) is 0 Å². The normalized spacial score (nSPS) is 26.1. The van der Waals surface area contributed by atoms with Crippen LogP contribution in [0, 0.1) is 5.92 Å². The maximum absolute atomic E-state index is 5.87. The Kier molecular flexibility index (Phi) is 4.05. The van der Waals surface area contributed by atoms with Gasteiger partial charge >= 0.3 is 0 Å². The maximum Gasteiger partial charge on any atom is 0.187 e. The number of aromatic nitrogens is 1. The molecule has 0 radical (unpaired) electrons. The van der Waals surface area contributed by atoms with Gasteiger partial charge in [0.1, 0.15) is 5.15 Å². The third kappa shape index (κ3) is 2.50. The summed E-state index contributed by atoms with van der Waals surface area (Å²) in [5, 5.41) is 3.50. The molecule has 0 saturated carbocycles. The summed E-state index contributed by atoms with van der Waals surface area (Å²) >= 11 is 7.48. The minimum Gasteiger partial charge on any atom is -0.344 e. The van der Waals surface area contributed by atoms with Gasteiger partial charge in [-0.25, -0.2) is 4.98 Å². The number of nitrogens with zero attached hydrogens (tertiary/aromatic N) is 2. The van der Waals surface area contributed by atoms with E-state index < -0.39 is 0 Å². The third-order valence-electron chi connectivity index (χ3n) is 3.38. The predicted molar refractivity (Wildman–Crippen MR) is 70.3 cm³/mol. The molecule has 0 aliphatic carbocycles. The van der Waals surface area contributed by atoms with Gasteiger partial charge in [0.05, 0.1) is 0 Å². The zero-order chi connectivity index (χ0) is 11.5. The molecule has 1 saturated heterocycles. The minimum absolute atomic E-state index is 0.431. The number of hydrogen-bond donors (Lipinski definition) is 1. The van der Waals surface area contributed by atoms with Gasteiger partial charge < -0.3 is 10.6 Å². The van der Waals surface area contributed by atoms with E-state index in [4.69, 9.17) is 17.3 Å². The maximum atomic E-state index is 5.87. The summed E-state index contributed by atoms with van der Waals surface area (Å²) in [6, 6.07) is 0.431. The summed E-state index contributed by atoms with van der Waals surface area (Å²) < 4.78 is 0. The van der Waals surface area contributed by atoms with Gasteiger partial charge in [-0.1, -0.05) is 24.9 Å². The first-order valence-corrected chi connectivity index (χ1v) is 7.08. The summed E-state index contributed by atoms with van der Waals surface area (Å²) in [7, 11) is 0. The fourth-order valence-electron chi connectivity index (χ4n) is 2.36. The molecule has 2 unspecified atom stereocenters. The molecule has 3 nitrogen and oxygen atoms in total. The first kappa shape index (κ1) is 12.1. The number of nitrogens with two attached hydrogens (primary N) is 1. The number of thiazole rings is 1. The molecule has 0 amide bonds. The summed E-state index contributed by atoms with van der Waals surface area (Å²) in [5.41, 5.74) is 5.86. The number of piperidine rings is 1. The zero-order valence-corrected chi connectivity index (χ0v) is 11.1. The summed E-state index contributed by atoms with van der Waals surface area (Å²) in [5.74, 6) is 0.820. The van der Waals surface area contributed by atoms with Gasteiger partial charge in [0.25, 0.3) is 0 Å². The summed E-state index contributed by atoms with van der Waals surface area (Å²) in [6.45, 7) is 4.02. The fraction of sp³-hybridized carbons (Fsp3) is 0.727. The Morgan fingerprint density at radius 3 is 3.06 bits per heavy atom. The molecule has 90 valence electrons. The van der Waals surface area contributed by atoms with E-state index in [0.29, 0.717) is 17.7 Å². The van der Waals surface area contributed by atoms with E-state index >= 15 is 0 Å². The Morgan fingerprint density at radius 1 is 1.69 bits per heavy atom. The van der Waals surface area contributed by atoms with Crippen LogP contribution in [-0.2, 0) is 0 Å². The van der Waals surface area contributed by atoms with Crippen molar-refractivity contribution in [2.24, 2.45) is 11.7 Å². The van der Waals surface area contributed by atoms with Crippen molar-refractivity contribution in [3.05, 3.63) is 10.5 Å². The Balaban J connectivity index is 2.09. The average Bonchev–Trinajstić information content (AvgIpc) is 2.74. The molecular formula is C11H18ClN3S. The first-order valence-electron chi connectivity index (χ1n) is 5.82. The number of rotatable bonds is 3. The van der Waals surface area contributed by atoms with E-state index in [1.54, 1.807) is 11.3 Å². The predicted octanol–water partition coefficient (Wildman–Crippen LogP) is 2.75. The largest absolute Gasteiger partial charge is 0.344 e. The smallest absolute Gasteiger partial charge is 0.187 e. The van der Waals surface area contributed by atoms with Crippen molar-refractivity contribution < 1.29 is 0 Å². The van der Waals surface area contributed by atoms with Gasteiger partial charge in [-0.15, -0.1) is 11.3 Å². The molecule has 0 aromatic carbocycles. The average molecular weight is 260 g/mol. The quantitative estimate of drug-likeness (QED) is 0.908. The van der Waals surface area contributed by atoms with Crippen molar-refractivity contribution in [3.8, 4) is 0 Å². The molecular weight excluding hydrogens is 242 g/mol. The van der Waals surface area contributed by atoms with Gasteiger partial charge in [0.15, 0.2) is 5.13 Å². The van der Waals surface area contributed by atoms with Gasteiger partial charge in [0.2, 0.25) is 0 Å². The first-order chi connectivity index (χ1) is 7.74. The van der Waals surface area contributed by atoms with Crippen molar-refractivity contribution in [1.82, 2.24) is 4.98 Å². The van der Waals surface area contributed by atoms with Gasteiger partial charge in [-0.3, -0.25) is 0 Å². The van der Waals surface area contributed by atoms with Crippen LogP contribution in [0.2, 0.25) is 5.15 Å². The molecule has 2 N–H and O–H groups in total. The second-order valence-corrected chi connectivity index (χ2v) is 5.56. The SMILES string of the molecule is CCC1CCN(c2nc(Cl)cs2)C(CN)C1. The van der Waals surface area contributed by atoms with Crippen molar-refractivity contribution in [2.45, 2.75) is 32.2 Å². The Bertz CT molecular complexity index is 342. The Labute approximate surface area is 106 Å². The lowest BCUT2D eigenvalue weighted by Gasteiger charge is -2.38. The number of halogens is 1. The van der Waals surface area contributed by atoms with Gasteiger partial charge in [-0.05, 0) is 18.8 Å². The molecule has 1 aromatic rings. The van der Waals surface area contributed by atoms with Crippen LogP contribution in [0.15, 0.2) is 5.38 Å². The van der Waals surface area contributed by atoms with Crippen molar-refractivity contribution in [1.29, 1.82) is 0 Å². The Hall–Kier alpha value is -0.320. The number of anilines is 1. The molecule has 2 atom stereocenters. The van der Waals surface area contributed by atoms with E-state index in [9.17, 15) is 0 Å². The van der Waals surface area contributed by atoms with Crippen LogP contribution in [0.4, 0.5) is 5.13 Å². The van der Waals surface area contributed by atoms with E-state index in [0.717, 1.165) is 17.6 Å². The zero-order valence-electron chi connectivity index (χ0n) is 9.53. The van der Waals surface area contributed by atoms with Gasteiger partial charge in [0, 0.05) is 24.5 Å². The second kappa shape index (κ2) is 5.34. The molecule has 16 heavy (non-hydrogen) atoms. The van der Waals surface area contributed by atoms with E-state index in [2.05, 4.69) is 16.8 Å². The number of hydrogen-bond acceptors (Lipinski definition) is 4. The molecule has 0 bridgehead atoms. The minimum atomic E-state index is 0.431. The lowest BCUT2D eigenvalue weighted by molar-refractivity contribution is 0.335. The highest BCUT2D eigenvalue weighted by Gasteiger charge is 2.28. The van der Waals surface area contributed by atoms with E-state index in [1.807, 2.05) is 5.38 Å². The van der Waals surface area contributed by atoms with E-state index in [1.165, 1.54) is 19.3 Å². The van der Waals surface area contributed by atoms with Crippen LogP contribution in [-0.4, -0.2) is 24.1 Å². The third-order valence-corrected chi connectivity index (χ3v) is 4.58. The molecule has 2 rings (SSSR count). The fourth-order valence-corrected chi connectivity index (χ4v) is 3.40. The van der Waals surface area contributed by atoms with Crippen LogP contribution in [0.5, 0.6) is 0 Å². The van der Waals surface area contributed by atoms with Crippen molar-refractivity contribution in [3.63, 3.8) is 0 Å². The van der Waals surface area contributed by atoms with Crippen LogP contribution in [0.25, 0.3) is 0 Å². The highest BCUT2D eigenvalue weighted by Crippen LogP contribution is 2.32. The Morgan fingerprint density at radius 2 is 2.50 bits per heavy atom. The molecule has 0 spiro atoms. The topological polar surface area (TPSA) is 42.2 Å².